The number of esters is 2. The van der Waals surface area contributed by atoms with Crippen molar-refractivity contribution < 1.29 is 37.9 Å². The summed E-state index contributed by atoms with van der Waals surface area (Å²) in [5, 5.41) is 0. The fourth-order valence-electron chi connectivity index (χ4n) is 6.87. The molecule has 0 aliphatic heterocycles. The van der Waals surface area contributed by atoms with Crippen molar-refractivity contribution in [2.24, 2.45) is 0 Å². The maximum Gasteiger partial charge on any atom is 0.469 e. The third-order valence-corrected chi connectivity index (χ3v) is 11.0. The molecule has 0 bridgehead atoms. The van der Waals surface area contributed by atoms with Gasteiger partial charge in [-0.15, -0.1) is 0 Å². The quantitative estimate of drug-likeness (QED) is 0.0269. The number of hydrogen-bond acceptors (Lipinski definition) is 6. The van der Waals surface area contributed by atoms with E-state index < -0.39 is 32.5 Å². The van der Waals surface area contributed by atoms with Crippen LogP contribution in [0.3, 0.4) is 0 Å². The van der Waals surface area contributed by atoms with E-state index in [4.69, 9.17) is 19.3 Å². The van der Waals surface area contributed by atoms with Gasteiger partial charge in [0.05, 0.1) is 6.61 Å². The van der Waals surface area contributed by atoms with Gasteiger partial charge in [-0.05, 0) is 51.4 Å². The summed E-state index contributed by atoms with van der Waals surface area (Å²) in [6.07, 6.45) is 62.3. The molecule has 0 saturated heterocycles. The molecular weight excluding hydrogens is 784 g/mol. The highest BCUT2D eigenvalue weighted by atomic mass is 31.2. The lowest BCUT2D eigenvalue weighted by Gasteiger charge is -2.18. The zero-order chi connectivity index (χ0) is 44.6. The Morgan fingerprint density at radius 3 is 1.15 bits per heavy atom. The molecule has 0 saturated carbocycles. The van der Waals surface area contributed by atoms with Crippen molar-refractivity contribution in [3.05, 3.63) is 72.9 Å². The molecule has 0 aromatic carbocycles. The van der Waals surface area contributed by atoms with Gasteiger partial charge in [-0.2, -0.15) is 0 Å². The van der Waals surface area contributed by atoms with Crippen molar-refractivity contribution in [3.63, 3.8) is 0 Å². The molecule has 0 aliphatic carbocycles. The summed E-state index contributed by atoms with van der Waals surface area (Å²) in [6, 6.07) is 0. The zero-order valence-electron chi connectivity index (χ0n) is 39.0. The van der Waals surface area contributed by atoms with Crippen molar-refractivity contribution in [2.75, 3.05) is 13.2 Å². The smallest absolute Gasteiger partial charge is 0.462 e. The van der Waals surface area contributed by atoms with E-state index in [1.165, 1.54) is 135 Å². The standard InChI is InChI=1S/C52H91O8P/c1-3-5-7-9-11-13-15-17-19-21-23-24-25-26-27-29-30-32-34-36-38-40-42-44-46-51(53)58-48-50(49-59-61(55,56)57)60-52(54)47-45-43-41-39-37-35-33-31-28-22-20-18-16-14-12-10-8-6-4-2/h6,8,12,14,18,20,28,31,35,37,41,43,50H,3-5,7,9-11,13,15-17,19,21-27,29-30,32-34,36,38-40,42,44-49H2,1-2H3,(H2,55,56,57)/b8-6-,14-12-,20-18-,31-28-,37-35-,43-41-. The lowest BCUT2D eigenvalue weighted by molar-refractivity contribution is -0.161. The number of carbonyl (C=O) groups is 2. The molecule has 0 aromatic heterocycles. The summed E-state index contributed by atoms with van der Waals surface area (Å²) < 4.78 is 26.4. The maximum atomic E-state index is 12.4. The number of phosphoric acid groups is 1. The van der Waals surface area contributed by atoms with Gasteiger partial charge in [0, 0.05) is 12.8 Å². The molecular formula is C52H91O8P. The Kier molecular flexibility index (Phi) is 45.0. The van der Waals surface area contributed by atoms with Gasteiger partial charge in [0.25, 0.3) is 0 Å². The van der Waals surface area contributed by atoms with Crippen LogP contribution in [0.4, 0.5) is 0 Å². The number of hydrogen-bond donors (Lipinski definition) is 2. The molecule has 1 atom stereocenters. The Morgan fingerprint density at radius 1 is 0.443 bits per heavy atom. The number of ether oxygens (including phenoxy) is 2. The summed E-state index contributed by atoms with van der Waals surface area (Å²) in [5.41, 5.74) is 0. The van der Waals surface area contributed by atoms with Crippen LogP contribution in [0.1, 0.15) is 226 Å². The summed E-state index contributed by atoms with van der Waals surface area (Å²) in [4.78, 5) is 43.0. The number of phosphoric ester groups is 1. The Morgan fingerprint density at radius 2 is 0.787 bits per heavy atom. The van der Waals surface area contributed by atoms with E-state index in [1.807, 2.05) is 12.2 Å². The van der Waals surface area contributed by atoms with E-state index in [9.17, 15) is 14.2 Å². The normalized spacial score (nSPS) is 13.0. The second kappa shape index (κ2) is 47.0. The van der Waals surface area contributed by atoms with E-state index in [-0.39, 0.29) is 19.4 Å². The first-order valence-corrected chi connectivity index (χ1v) is 26.3. The highest BCUT2D eigenvalue weighted by Crippen LogP contribution is 2.36. The summed E-state index contributed by atoms with van der Waals surface area (Å²) >= 11 is 0. The minimum absolute atomic E-state index is 0.0854. The van der Waals surface area contributed by atoms with Crippen LogP contribution in [0.5, 0.6) is 0 Å². The van der Waals surface area contributed by atoms with Crippen molar-refractivity contribution in [1.29, 1.82) is 0 Å². The second-order valence-electron chi connectivity index (χ2n) is 16.4. The number of allylic oxidation sites excluding steroid dienone is 12. The Balaban J connectivity index is 3.90. The predicted molar refractivity (Wildman–Crippen MR) is 257 cm³/mol. The van der Waals surface area contributed by atoms with E-state index in [2.05, 4.69) is 79.1 Å². The summed E-state index contributed by atoms with van der Waals surface area (Å²) in [7, 11) is -4.78. The molecule has 0 spiro atoms. The Bertz CT molecular complexity index is 1210. The second-order valence-corrected chi connectivity index (χ2v) is 17.7. The number of unbranched alkanes of at least 4 members (excludes halogenated alkanes) is 23. The average molecular weight is 875 g/mol. The molecule has 352 valence electrons. The third kappa shape index (κ3) is 50.0. The van der Waals surface area contributed by atoms with Crippen LogP contribution < -0.4 is 0 Å². The minimum Gasteiger partial charge on any atom is -0.462 e. The monoisotopic (exact) mass is 875 g/mol. The molecule has 0 amide bonds. The lowest BCUT2D eigenvalue weighted by Crippen LogP contribution is -2.29. The first-order chi connectivity index (χ1) is 29.8. The molecule has 1 unspecified atom stereocenters. The molecule has 61 heavy (non-hydrogen) atoms. The maximum absolute atomic E-state index is 12.4. The van der Waals surface area contributed by atoms with Crippen LogP contribution in [-0.2, 0) is 28.2 Å². The van der Waals surface area contributed by atoms with Crippen molar-refractivity contribution in [3.8, 4) is 0 Å². The van der Waals surface area contributed by atoms with E-state index >= 15 is 0 Å². The molecule has 0 rings (SSSR count). The number of rotatable bonds is 45. The molecule has 0 radical (unpaired) electrons. The van der Waals surface area contributed by atoms with Gasteiger partial charge >= 0.3 is 19.8 Å². The van der Waals surface area contributed by atoms with Crippen molar-refractivity contribution in [1.82, 2.24) is 0 Å². The van der Waals surface area contributed by atoms with Crippen LogP contribution in [0.25, 0.3) is 0 Å². The van der Waals surface area contributed by atoms with Gasteiger partial charge < -0.3 is 19.3 Å². The molecule has 0 fully saturated rings. The van der Waals surface area contributed by atoms with Gasteiger partial charge in [0.2, 0.25) is 0 Å². The fraction of sp³-hybridized carbons (Fsp3) is 0.731. The average Bonchev–Trinajstić information content (AvgIpc) is 3.23. The SMILES string of the molecule is CC/C=C\C/C=C\C/C=C\C/C=C\C/C=C\C/C=C\CCC(=O)OC(COC(=O)CCCCCCCCCCCCCCCCCCCCCCCCCC)COP(=O)(O)O. The van der Waals surface area contributed by atoms with Crippen LogP contribution >= 0.6 is 7.82 Å². The summed E-state index contributed by atoms with van der Waals surface area (Å²) in [5.74, 6) is -0.978. The van der Waals surface area contributed by atoms with Crippen LogP contribution in [0.2, 0.25) is 0 Å². The Hall–Kier alpha value is -2.51. The Labute approximate surface area is 374 Å². The first-order valence-electron chi connectivity index (χ1n) is 24.7. The van der Waals surface area contributed by atoms with Gasteiger partial charge in [0.1, 0.15) is 6.61 Å². The summed E-state index contributed by atoms with van der Waals surface area (Å²) in [6.45, 7) is 3.54. The topological polar surface area (TPSA) is 119 Å². The van der Waals surface area contributed by atoms with Gasteiger partial charge in [-0.3, -0.25) is 14.1 Å². The highest BCUT2D eigenvalue weighted by Gasteiger charge is 2.22. The lowest BCUT2D eigenvalue weighted by atomic mass is 10.0. The largest absolute Gasteiger partial charge is 0.469 e. The van der Waals surface area contributed by atoms with E-state index in [1.54, 1.807) is 0 Å². The van der Waals surface area contributed by atoms with Crippen LogP contribution in [0.15, 0.2) is 72.9 Å². The van der Waals surface area contributed by atoms with Gasteiger partial charge in [-0.25, -0.2) is 4.57 Å². The van der Waals surface area contributed by atoms with E-state index in [0.717, 1.165) is 51.4 Å². The molecule has 0 aliphatic rings. The van der Waals surface area contributed by atoms with Crippen molar-refractivity contribution in [2.45, 2.75) is 232 Å². The molecule has 2 N–H and O–H groups in total. The van der Waals surface area contributed by atoms with Crippen LogP contribution in [-0.4, -0.2) is 41.0 Å². The third-order valence-electron chi connectivity index (χ3n) is 10.5. The zero-order valence-corrected chi connectivity index (χ0v) is 39.9. The fourth-order valence-corrected chi connectivity index (χ4v) is 7.23. The molecule has 8 nitrogen and oxygen atoms in total. The van der Waals surface area contributed by atoms with Crippen LogP contribution in [0, 0.1) is 0 Å². The van der Waals surface area contributed by atoms with Gasteiger partial charge in [0.15, 0.2) is 6.10 Å². The predicted octanol–water partition coefficient (Wildman–Crippen LogP) is 15.8. The minimum atomic E-state index is -4.78. The van der Waals surface area contributed by atoms with Gasteiger partial charge in [-0.1, -0.05) is 234 Å². The molecule has 0 aromatic rings. The number of carbonyl (C=O) groups excluding carboxylic acids is 2. The molecule has 0 heterocycles. The highest BCUT2D eigenvalue weighted by molar-refractivity contribution is 7.46. The molecule has 9 heteroatoms. The van der Waals surface area contributed by atoms with Crippen molar-refractivity contribution >= 4 is 19.8 Å². The van der Waals surface area contributed by atoms with E-state index in [0.29, 0.717) is 12.8 Å². The first kappa shape index (κ1) is 58.5.